The maximum atomic E-state index is 3.66. The highest BCUT2D eigenvalue weighted by Crippen LogP contribution is 2.14. The van der Waals surface area contributed by atoms with E-state index >= 15 is 0 Å². The molecule has 1 aliphatic heterocycles. The van der Waals surface area contributed by atoms with Crippen molar-refractivity contribution in [3.05, 3.63) is 22.4 Å². The molecule has 1 aromatic heterocycles. The molecule has 16 heavy (non-hydrogen) atoms. The van der Waals surface area contributed by atoms with E-state index in [0.717, 1.165) is 12.6 Å². The van der Waals surface area contributed by atoms with Crippen LogP contribution in [0.25, 0.3) is 0 Å². The SMILES string of the molecule is CC(C)N1CCC(NCc2ccsc2)CC1. The van der Waals surface area contributed by atoms with E-state index < -0.39 is 0 Å². The molecule has 1 fully saturated rings. The Hall–Kier alpha value is -0.380. The van der Waals surface area contributed by atoms with Gasteiger partial charge in [0.25, 0.3) is 0 Å². The Morgan fingerprint density at radius 2 is 2.19 bits per heavy atom. The lowest BCUT2D eigenvalue weighted by Gasteiger charge is -2.35. The fraction of sp³-hybridized carbons (Fsp3) is 0.692. The number of piperidine rings is 1. The molecule has 0 spiro atoms. The molecule has 2 nitrogen and oxygen atoms in total. The van der Waals surface area contributed by atoms with Gasteiger partial charge in [-0.2, -0.15) is 11.3 Å². The zero-order valence-corrected chi connectivity index (χ0v) is 11.1. The van der Waals surface area contributed by atoms with Gasteiger partial charge in [0, 0.05) is 18.6 Å². The summed E-state index contributed by atoms with van der Waals surface area (Å²) in [7, 11) is 0. The first-order valence-electron chi connectivity index (χ1n) is 6.24. The monoisotopic (exact) mass is 238 g/mol. The molecule has 0 radical (unpaired) electrons. The van der Waals surface area contributed by atoms with Crippen LogP contribution in [0.1, 0.15) is 32.3 Å². The maximum Gasteiger partial charge on any atom is 0.0216 e. The van der Waals surface area contributed by atoms with Gasteiger partial charge >= 0.3 is 0 Å². The van der Waals surface area contributed by atoms with Crippen molar-refractivity contribution in [2.24, 2.45) is 0 Å². The normalized spacial score (nSPS) is 19.4. The average molecular weight is 238 g/mol. The summed E-state index contributed by atoms with van der Waals surface area (Å²) in [5, 5.41) is 8.05. The number of hydrogen-bond acceptors (Lipinski definition) is 3. The number of likely N-dealkylation sites (tertiary alicyclic amines) is 1. The van der Waals surface area contributed by atoms with Crippen LogP contribution in [0.5, 0.6) is 0 Å². The Morgan fingerprint density at radius 3 is 2.75 bits per heavy atom. The largest absolute Gasteiger partial charge is 0.310 e. The first kappa shape index (κ1) is 12.1. The van der Waals surface area contributed by atoms with E-state index in [1.54, 1.807) is 11.3 Å². The van der Waals surface area contributed by atoms with Crippen molar-refractivity contribution in [2.75, 3.05) is 13.1 Å². The fourth-order valence-electron chi connectivity index (χ4n) is 2.28. The molecule has 0 aliphatic carbocycles. The molecule has 1 saturated heterocycles. The van der Waals surface area contributed by atoms with E-state index in [-0.39, 0.29) is 0 Å². The maximum absolute atomic E-state index is 3.66. The van der Waals surface area contributed by atoms with E-state index in [2.05, 4.69) is 40.9 Å². The Kier molecular flexibility index (Phi) is 4.38. The number of rotatable bonds is 4. The van der Waals surface area contributed by atoms with Crippen LogP contribution in [-0.2, 0) is 6.54 Å². The van der Waals surface area contributed by atoms with Gasteiger partial charge in [0.15, 0.2) is 0 Å². The molecule has 2 rings (SSSR count). The summed E-state index contributed by atoms with van der Waals surface area (Å²) in [6.45, 7) is 8.12. The Labute approximate surface area is 103 Å². The molecule has 3 heteroatoms. The summed E-state index contributed by atoms with van der Waals surface area (Å²) in [5.41, 5.74) is 1.43. The molecule has 0 bridgehead atoms. The van der Waals surface area contributed by atoms with Crippen molar-refractivity contribution in [1.29, 1.82) is 0 Å². The van der Waals surface area contributed by atoms with Crippen molar-refractivity contribution in [3.8, 4) is 0 Å². The Balaban J connectivity index is 1.69. The summed E-state index contributed by atoms with van der Waals surface area (Å²) < 4.78 is 0. The third-order valence-electron chi connectivity index (χ3n) is 3.43. The number of hydrogen-bond donors (Lipinski definition) is 1. The summed E-state index contributed by atoms with van der Waals surface area (Å²) in [4.78, 5) is 2.57. The molecule has 1 aliphatic rings. The topological polar surface area (TPSA) is 15.3 Å². The number of thiophene rings is 1. The summed E-state index contributed by atoms with van der Waals surface area (Å²) in [6.07, 6.45) is 2.59. The molecule has 90 valence electrons. The molecule has 1 aromatic rings. The van der Waals surface area contributed by atoms with E-state index in [9.17, 15) is 0 Å². The molecule has 2 heterocycles. The van der Waals surface area contributed by atoms with Crippen LogP contribution in [0.2, 0.25) is 0 Å². The average Bonchev–Trinajstić information content (AvgIpc) is 2.80. The van der Waals surface area contributed by atoms with Crippen LogP contribution in [0.15, 0.2) is 16.8 Å². The zero-order valence-electron chi connectivity index (χ0n) is 10.3. The standard InChI is InChI=1S/C13H22N2S/c1-11(2)15-6-3-13(4-7-15)14-9-12-5-8-16-10-12/h5,8,10-11,13-14H,3-4,6-7,9H2,1-2H3. The third-order valence-corrected chi connectivity index (χ3v) is 4.17. The van der Waals surface area contributed by atoms with Crippen molar-refractivity contribution in [1.82, 2.24) is 10.2 Å². The third kappa shape index (κ3) is 3.30. The molecule has 0 unspecified atom stereocenters. The lowest BCUT2D eigenvalue weighted by atomic mass is 10.0. The Bertz CT molecular complexity index is 287. The van der Waals surface area contributed by atoms with Gasteiger partial charge in [0.1, 0.15) is 0 Å². The minimum atomic E-state index is 0.706. The zero-order chi connectivity index (χ0) is 11.4. The van der Waals surface area contributed by atoms with Gasteiger partial charge in [-0.25, -0.2) is 0 Å². The fourth-order valence-corrected chi connectivity index (χ4v) is 2.94. The summed E-state index contributed by atoms with van der Waals surface area (Å²) in [5.74, 6) is 0. The molecule has 0 saturated carbocycles. The Morgan fingerprint density at radius 1 is 1.44 bits per heavy atom. The number of nitrogens with zero attached hydrogens (tertiary/aromatic N) is 1. The predicted octanol–water partition coefficient (Wildman–Crippen LogP) is 2.71. The second kappa shape index (κ2) is 5.80. The summed E-state index contributed by atoms with van der Waals surface area (Å²) >= 11 is 1.78. The highest BCUT2D eigenvalue weighted by molar-refractivity contribution is 7.07. The lowest BCUT2D eigenvalue weighted by molar-refractivity contribution is 0.161. The van der Waals surface area contributed by atoms with Crippen LogP contribution >= 0.6 is 11.3 Å². The van der Waals surface area contributed by atoms with Crippen molar-refractivity contribution >= 4 is 11.3 Å². The van der Waals surface area contributed by atoms with Gasteiger partial charge in [-0.15, -0.1) is 0 Å². The molecule has 0 atom stereocenters. The van der Waals surface area contributed by atoms with Crippen LogP contribution in [0, 0.1) is 0 Å². The van der Waals surface area contributed by atoms with Gasteiger partial charge in [0.2, 0.25) is 0 Å². The van der Waals surface area contributed by atoms with Crippen LogP contribution in [0.4, 0.5) is 0 Å². The second-order valence-corrected chi connectivity index (χ2v) is 5.70. The van der Waals surface area contributed by atoms with Gasteiger partial charge in [-0.05, 0) is 62.2 Å². The van der Waals surface area contributed by atoms with Crippen molar-refractivity contribution in [2.45, 2.75) is 45.3 Å². The van der Waals surface area contributed by atoms with Crippen LogP contribution in [0.3, 0.4) is 0 Å². The van der Waals surface area contributed by atoms with Gasteiger partial charge in [-0.1, -0.05) is 0 Å². The second-order valence-electron chi connectivity index (χ2n) is 4.92. The minimum absolute atomic E-state index is 0.706. The van der Waals surface area contributed by atoms with Crippen LogP contribution in [-0.4, -0.2) is 30.1 Å². The van der Waals surface area contributed by atoms with E-state index in [1.165, 1.54) is 31.5 Å². The van der Waals surface area contributed by atoms with Crippen LogP contribution < -0.4 is 5.32 Å². The molecule has 0 amide bonds. The van der Waals surface area contributed by atoms with Gasteiger partial charge < -0.3 is 10.2 Å². The summed E-state index contributed by atoms with van der Waals surface area (Å²) in [6, 6.07) is 3.63. The highest BCUT2D eigenvalue weighted by Gasteiger charge is 2.19. The van der Waals surface area contributed by atoms with E-state index in [1.807, 2.05) is 0 Å². The molecule has 1 N–H and O–H groups in total. The molecular weight excluding hydrogens is 216 g/mol. The molecule has 0 aromatic carbocycles. The van der Waals surface area contributed by atoms with Gasteiger partial charge in [-0.3, -0.25) is 0 Å². The van der Waals surface area contributed by atoms with E-state index in [4.69, 9.17) is 0 Å². The molecular formula is C13H22N2S. The van der Waals surface area contributed by atoms with Crippen molar-refractivity contribution < 1.29 is 0 Å². The first-order valence-corrected chi connectivity index (χ1v) is 7.18. The van der Waals surface area contributed by atoms with Crippen molar-refractivity contribution in [3.63, 3.8) is 0 Å². The first-order chi connectivity index (χ1) is 7.75. The van der Waals surface area contributed by atoms with Gasteiger partial charge in [0.05, 0.1) is 0 Å². The minimum Gasteiger partial charge on any atom is -0.310 e. The quantitative estimate of drug-likeness (QED) is 0.867. The predicted molar refractivity (Wildman–Crippen MR) is 70.9 cm³/mol. The lowest BCUT2D eigenvalue weighted by Crippen LogP contribution is -2.44. The smallest absolute Gasteiger partial charge is 0.0216 e. The van der Waals surface area contributed by atoms with E-state index in [0.29, 0.717) is 6.04 Å². The highest BCUT2D eigenvalue weighted by atomic mass is 32.1. The number of nitrogens with one attached hydrogen (secondary N) is 1.